The predicted octanol–water partition coefficient (Wildman–Crippen LogP) is 2.71. The molecule has 0 unspecified atom stereocenters. The molecule has 0 saturated heterocycles. The van der Waals surface area contributed by atoms with Crippen molar-refractivity contribution in [3.05, 3.63) is 33.9 Å². The van der Waals surface area contributed by atoms with Crippen molar-refractivity contribution in [1.29, 1.82) is 0 Å². The molecule has 0 aromatic heterocycles. The molecule has 0 aliphatic carbocycles. The maximum absolute atomic E-state index is 12.1. The number of methoxy groups -OCH3 is 1. The van der Waals surface area contributed by atoms with Gasteiger partial charge >= 0.3 is 11.9 Å². The molecule has 0 bridgehead atoms. The van der Waals surface area contributed by atoms with Crippen LogP contribution in [0, 0.1) is 10.1 Å². The fraction of sp³-hybridized carbons (Fsp3) is 0.333. The van der Waals surface area contributed by atoms with Gasteiger partial charge in [-0.15, -0.1) is 0 Å². The second-order valence-corrected chi connectivity index (χ2v) is 3.06. The molecule has 0 atom stereocenters. The highest BCUT2D eigenvalue weighted by Gasteiger charge is 2.29. The van der Waals surface area contributed by atoms with Crippen molar-refractivity contribution in [2.45, 2.75) is 12.6 Å². The van der Waals surface area contributed by atoms with Crippen molar-refractivity contribution in [1.82, 2.24) is 0 Å². The summed E-state index contributed by atoms with van der Waals surface area (Å²) in [6.07, 6.45) is -5.58. The molecule has 4 nitrogen and oxygen atoms in total. The van der Waals surface area contributed by atoms with E-state index in [1.54, 1.807) is 0 Å². The van der Waals surface area contributed by atoms with Gasteiger partial charge in [-0.05, 0) is 11.6 Å². The molecule has 0 N–H and O–H groups in total. The lowest BCUT2D eigenvalue weighted by molar-refractivity contribution is -0.385. The van der Waals surface area contributed by atoms with Crippen LogP contribution < -0.4 is 4.74 Å². The van der Waals surface area contributed by atoms with Gasteiger partial charge in [-0.25, -0.2) is 0 Å². The fourth-order valence-corrected chi connectivity index (χ4v) is 1.22. The SMILES string of the molecule is COc1ccc(CC(F)(F)F)cc1[N+](=O)[O-]. The maximum Gasteiger partial charge on any atom is 0.393 e. The molecule has 0 saturated carbocycles. The first-order chi connectivity index (χ1) is 7.33. The summed E-state index contributed by atoms with van der Waals surface area (Å²) in [6.45, 7) is 0. The molecule has 0 heterocycles. The first-order valence-electron chi connectivity index (χ1n) is 4.21. The molecule has 1 aromatic carbocycles. The van der Waals surface area contributed by atoms with E-state index in [0.717, 1.165) is 18.2 Å². The maximum atomic E-state index is 12.1. The van der Waals surface area contributed by atoms with E-state index >= 15 is 0 Å². The summed E-state index contributed by atoms with van der Waals surface area (Å²) >= 11 is 0. The number of benzene rings is 1. The lowest BCUT2D eigenvalue weighted by atomic mass is 10.1. The highest BCUT2D eigenvalue weighted by atomic mass is 19.4. The van der Waals surface area contributed by atoms with Gasteiger partial charge in [0.1, 0.15) is 0 Å². The van der Waals surface area contributed by atoms with Gasteiger partial charge in [-0.1, -0.05) is 6.07 Å². The molecular formula is C9H8F3NO3. The van der Waals surface area contributed by atoms with Crippen LogP contribution in [0.1, 0.15) is 5.56 Å². The molecule has 88 valence electrons. The van der Waals surface area contributed by atoms with E-state index in [-0.39, 0.29) is 11.3 Å². The van der Waals surface area contributed by atoms with Crippen LogP contribution in [0.25, 0.3) is 0 Å². The zero-order valence-corrected chi connectivity index (χ0v) is 8.25. The van der Waals surface area contributed by atoms with Crippen LogP contribution in [0.3, 0.4) is 0 Å². The zero-order valence-electron chi connectivity index (χ0n) is 8.25. The van der Waals surface area contributed by atoms with Gasteiger partial charge < -0.3 is 4.74 Å². The van der Waals surface area contributed by atoms with E-state index in [0.29, 0.717) is 0 Å². The van der Waals surface area contributed by atoms with Gasteiger partial charge in [0.25, 0.3) is 0 Å². The monoisotopic (exact) mass is 235 g/mol. The Hall–Kier alpha value is -1.79. The van der Waals surface area contributed by atoms with Gasteiger partial charge in [-0.2, -0.15) is 13.2 Å². The molecule has 16 heavy (non-hydrogen) atoms. The topological polar surface area (TPSA) is 52.4 Å². The summed E-state index contributed by atoms with van der Waals surface area (Å²) in [4.78, 5) is 9.76. The van der Waals surface area contributed by atoms with Crippen LogP contribution in [0.5, 0.6) is 5.75 Å². The molecule has 0 fully saturated rings. The molecule has 0 spiro atoms. The Kier molecular flexibility index (Phi) is 3.36. The van der Waals surface area contributed by atoms with Gasteiger partial charge in [0.05, 0.1) is 18.5 Å². The number of alkyl halides is 3. The van der Waals surface area contributed by atoms with Crippen molar-refractivity contribution in [2.75, 3.05) is 7.11 Å². The minimum Gasteiger partial charge on any atom is -0.490 e. The van der Waals surface area contributed by atoms with Crippen LogP contribution in [-0.4, -0.2) is 18.2 Å². The molecular weight excluding hydrogens is 227 g/mol. The van der Waals surface area contributed by atoms with E-state index in [1.165, 1.54) is 7.11 Å². The largest absolute Gasteiger partial charge is 0.490 e. The van der Waals surface area contributed by atoms with Gasteiger partial charge in [-0.3, -0.25) is 10.1 Å². The number of nitro groups is 1. The van der Waals surface area contributed by atoms with Gasteiger partial charge in [0.2, 0.25) is 0 Å². The predicted molar refractivity (Wildman–Crippen MR) is 49.4 cm³/mol. The molecule has 0 aliphatic heterocycles. The number of ether oxygens (including phenoxy) is 1. The lowest BCUT2D eigenvalue weighted by Gasteiger charge is -2.07. The molecule has 0 amide bonds. The molecule has 1 rings (SSSR count). The third-order valence-corrected chi connectivity index (χ3v) is 1.84. The van der Waals surface area contributed by atoms with E-state index in [2.05, 4.69) is 4.74 Å². The van der Waals surface area contributed by atoms with E-state index < -0.39 is 23.2 Å². The van der Waals surface area contributed by atoms with Gasteiger partial charge in [0.15, 0.2) is 5.75 Å². The highest BCUT2D eigenvalue weighted by Crippen LogP contribution is 2.30. The number of nitro benzene ring substituents is 1. The second kappa shape index (κ2) is 4.38. The first-order valence-corrected chi connectivity index (χ1v) is 4.21. The normalized spacial score (nSPS) is 11.2. The summed E-state index contributed by atoms with van der Waals surface area (Å²) < 4.78 is 40.8. The molecule has 7 heteroatoms. The van der Waals surface area contributed by atoms with E-state index in [9.17, 15) is 23.3 Å². The highest BCUT2D eigenvalue weighted by molar-refractivity contribution is 5.48. The van der Waals surface area contributed by atoms with Crippen LogP contribution in [0.2, 0.25) is 0 Å². The summed E-state index contributed by atoms with van der Waals surface area (Å²) in [6, 6.07) is 3.17. The fourth-order valence-electron chi connectivity index (χ4n) is 1.22. The zero-order chi connectivity index (χ0) is 12.3. The molecule has 0 radical (unpaired) electrons. The number of hydrogen-bond acceptors (Lipinski definition) is 3. The van der Waals surface area contributed by atoms with Crippen molar-refractivity contribution in [3.8, 4) is 5.75 Å². The number of hydrogen-bond donors (Lipinski definition) is 0. The van der Waals surface area contributed by atoms with Crippen molar-refractivity contribution in [3.63, 3.8) is 0 Å². The van der Waals surface area contributed by atoms with Crippen LogP contribution in [0.4, 0.5) is 18.9 Å². The average Bonchev–Trinajstić information content (AvgIpc) is 2.15. The third-order valence-electron chi connectivity index (χ3n) is 1.84. The van der Waals surface area contributed by atoms with Gasteiger partial charge in [0, 0.05) is 6.07 Å². The summed E-state index contributed by atoms with van der Waals surface area (Å²) in [5.74, 6) is -0.0593. The number of rotatable bonds is 3. The smallest absolute Gasteiger partial charge is 0.393 e. The molecule has 1 aromatic rings. The standard InChI is InChI=1S/C9H8F3NO3/c1-16-8-3-2-6(5-9(10,11)12)4-7(8)13(14)15/h2-4H,5H2,1H3. The summed E-state index contributed by atoms with van der Waals surface area (Å²) in [7, 11) is 1.21. The Morgan fingerprint density at radius 1 is 1.44 bits per heavy atom. The Bertz CT molecular complexity index is 403. The van der Waals surface area contributed by atoms with E-state index in [4.69, 9.17) is 0 Å². The Morgan fingerprint density at radius 3 is 2.50 bits per heavy atom. The summed E-state index contributed by atoms with van der Waals surface area (Å²) in [5, 5.41) is 10.5. The first kappa shape index (κ1) is 12.3. The Morgan fingerprint density at radius 2 is 2.06 bits per heavy atom. The lowest BCUT2D eigenvalue weighted by Crippen LogP contribution is -2.11. The van der Waals surface area contributed by atoms with Crippen LogP contribution in [-0.2, 0) is 6.42 Å². The Labute approximate surface area is 88.8 Å². The van der Waals surface area contributed by atoms with Crippen molar-refractivity contribution >= 4 is 5.69 Å². The summed E-state index contributed by atoms with van der Waals surface area (Å²) in [5.41, 5.74) is -0.635. The minimum absolute atomic E-state index is 0.0593. The quantitative estimate of drug-likeness (QED) is 0.597. The number of halogens is 3. The van der Waals surface area contributed by atoms with Crippen LogP contribution >= 0.6 is 0 Å². The van der Waals surface area contributed by atoms with E-state index in [1.807, 2.05) is 0 Å². The number of nitrogens with zero attached hydrogens (tertiary/aromatic N) is 1. The third kappa shape index (κ3) is 3.11. The molecule has 0 aliphatic rings. The van der Waals surface area contributed by atoms with Crippen molar-refractivity contribution in [2.24, 2.45) is 0 Å². The van der Waals surface area contributed by atoms with Crippen molar-refractivity contribution < 1.29 is 22.8 Å². The minimum atomic E-state index is -4.39. The second-order valence-electron chi connectivity index (χ2n) is 3.06. The van der Waals surface area contributed by atoms with Crippen LogP contribution in [0.15, 0.2) is 18.2 Å². The average molecular weight is 235 g/mol. The Balaban J connectivity index is 3.07.